The summed E-state index contributed by atoms with van der Waals surface area (Å²) < 4.78 is 44.0. The molecule has 1 aromatic heterocycles. The fourth-order valence-corrected chi connectivity index (χ4v) is 4.05. The van der Waals surface area contributed by atoms with Crippen LogP contribution in [0, 0.1) is 5.92 Å². The van der Waals surface area contributed by atoms with Gasteiger partial charge in [0, 0.05) is 29.4 Å². The Labute approximate surface area is 166 Å². The van der Waals surface area contributed by atoms with Crippen molar-refractivity contribution in [1.29, 1.82) is 0 Å². The van der Waals surface area contributed by atoms with E-state index in [1.54, 1.807) is 29.2 Å². The molecule has 2 aromatic carbocycles. The number of aliphatic hydroxyl groups is 2. The predicted molar refractivity (Wildman–Crippen MR) is 103 cm³/mol. The minimum absolute atomic E-state index is 0.218. The normalized spacial score (nSPS) is 18.2. The van der Waals surface area contributed by atoms with E-state index < -0.39 is 18.4 Å². The molecule has 4 rings (SSSR count). The molecule has 2 N–H and O–H groups in total. The maximum Gasteiger partial charge on any atom is 0.425 e. The number of alkyl halides is 3. The molecule has 3 aromatic rings. The van der Waals surface area contributed by atoms with Gasteiger partial charge in [0.15, 0.2) is 0 Å². The van der Waals surface area contributed by atoms with Crippen LogP contribution in [0.2, 0.25) is 0 Å². The third-order valence-electron chi connectivity index (χ3n) is 5.30. The Morgan fingerprint density at radius 1 is 1.10 bits per heavy atom. The van der Waals surface area contributed by atoms with Crippen molar-refractivity contribution in [3.8, 4) is 22.3 Å². The van der Waals surface area contributed by atoms with Gasteiger partial charge in [-0.05, 0) is 40.3 Å². The molecule has 0 spiro atoms. The van der Waals surface area contributed by atoms with Gasteiger partial charge in [0.25, 0.3) is 0 Å². The van der Waals surface area contributed by atoms with E-state index in [0.717, 1.165) is 0 Å². The lowest BCUT2D eigenvalue weighted by Crippen LogP contribution is -2.41. The summed E-state index contributed by atoms with van der Waals surface area (Å²) in [4.78, 5) is 0. The standard InChI is InChI=1S/C22H21F3N2O2/c1-13(2)10-27-11-16(9-26-27)14-7-15(12-28)20-17-5-3-4-6-18(17)21(29,19(20)8-14)22(23,24)25/h3-9,11,13,28-29H,10,12H2,1-2H3. The van der Waals surface area contributed by atoms with Gasteiger partial charge in [-0.1, -0.05) is 38.1 Å². The first-order valence-electron chi connectivity index (χ1n) is 9.37. The van der Waals surface area contributed by atoms with Gasteiger partial charge in [-0.2, -0.15) is 18.3 Å². The molecular formula is C22H21F3N2O2. The fraction of sp³-hybridized carbons (Fsp3) is 0.318. The number of aliphatic hydroxyl groups excluding tert-OH is 1. The molecule has 1 atom stereocenters. The lowest BCUT2D eigenvalue weighted by Gasteiger charge is -2.28. The number of rotatable bonds is 4. The molecule has 0 saturated heterocycles. The van der Waals surface area contributed by atoms with Crippen LogP contribution in [-0.4, -0.2) is 26.2 Å². The molecule has 1 aliphatic rings. The second-order valence-corrected chi connectivity index (χ2v) is 7.81. The molecule has 152 valence electrons. The first kappa shape index (κ1) is 19.7. The minimum atomic E-state index is -4.92. The van der Waals surface area contributed by atoms with Crippen LogP contribution < -0.4 is 0 Å². The maximum absolute atomic E-state index is 14.1. The second kappa shape index (κ2) is 6.71. The van der Waals surface area contributed by atoms with E-state index in [4.69, 9.17) is 0 Å². The Kier molecular flexibility index (Phi) is 4.55. The van der Waals surface area contributed by atoms with E-state index in [1.165, 1.54) is 24.3 Å². The zero-order valence-electron chi connectivity index (χ0n) is 16.0. The third kappa shape index (κ3) is 2.96. The van der Waals surface area contributed by atoms with Gasteiger partial charge in [0.1, 0.15) is 0 Å². The molecule has 0 saturated carbocycles. The Morgan fingerprint density at radius 2 is 1.83 bits per heavy atom. The minimum Gasteiger partial charge on any atom is -0.392 e. The number of fused-ring (bicyclic) bond motifs is 3. The van der Waals surface area contributed by atoms with Gasteiger partial charge in [0.05, 0.1) is 12.8 Å². The molecule has 1 heterocycles. The number of hydrogen-bond donors (Lipinski definition) is 2. The van der Waals surface area contributed by atoms with E-state index in [2.05, 4.69) is 5.10 Å². The third-order valence-corrected chi connectivity index (χ3v) is 5.30. The molecule has 0 bridgehead atoms. The molecule has 1 unspecified atom stereocenters. The summed E-state index contributed by atoms with van der Waals surface area (Å²) in [5.74, 6) is 0.362. The number of hydrogen-bond acceptors (Lipinski definition) is 3. The van der Waals surface area contributed by atoms with Gasteiger partial charge in [-0.3, -0.25) is 4.68 Å². The highest BCUT2D eigenvalue weighted by Gasteiger charge is 2.61. The van der Waals surface area contributed by atoms with Crippen LogP contribution in [0.5, 0.6) is 0 Å². The average molecular weight is 402 g/mol. The van der Waals surface area contributed by atoms with Crippen molar-refractivity contribution in [2.75, 3.05) is 0 Å². The van der Waals surface area contributed by atoms with Crippen LogP contribution in [-0.2, 0) is 18.8 Å². The van der Waals surface area contributed by atoms with Crippen molar-refractivity contribution in [3.63, 3.8) is 0 Å². The van der Waals surface area contributed by atoms with Gasteiger partial charge in [-0.25, -0.2) is 0 Å². The van der Waals surface area contributed by atoms with E-state index in [0.29, 0.717) is 29.2 Å². The van der Waals surface area contributed by atoms with Crippen molar-refractivity contribution < 1.29 is 23.4 Å². The molecule has 0 fully saturated rings. The zero-order chi connectivity index (χ0) is 21.0. The van der Waals surface area contributed by atoms with Crippen molar-refractivity contribution >= 4 is 0 Å². The van der Waals surface area contributed by atoms with Crippen LogP contribution in [0.4, 0.5) is 13.2 Å². The number of nitrogens with zero attached hydrogens (tertiary/aromatic N) is 2. The molecule has 1 aliphatic carbocycles. The highest BCUT2D eigenvalue weighted by Crippen LogP contribution is 2.56. The van der Waals surface area contributed by atoms with Gasteiger partial charge in [-0.15, -0.1) is 0 Å². The molecule has 29 heavy (non-hydrogen) atoms. The van der Waals surface area contributed by atoms with Gasteiger partial charge >= 0.3 is 6.18 Å². The van der Waals surface area contributed by atoms with Crippen molar-refractivity contribution in [2.45, 2.75) is 38.8 Å². The average Bonchev–Trinajstić information content (AvgIpc) is 3.22. The lowest BCUT2D eigenvalue weighted by atomic mass is 9.88. The lowest BCUT2D eigenvalue weighted by molar-refractivity contribution is -0.246. The van der Waals surface area contributed by atoms with Crippen molar-refractivity contribution in [1.82, 2.24) is 9.78 Å². The molecule has 4 nitrogen and oxygen atoms in total. The summed E-state index contributed by atoms with van der Waals surface area (Å²) in [6.07, 6.45) is -1.57. The van der Waals surface area contributed by atoms with Gasteiger partial charge < -0.3 is 10.2 Å². The van der Waals surface area contributed by atoms with Crippen LogP contribution in [0.1, 0.15) is 30.5 Å². The van der Waals surface area contributed by atoms with Crippen LogP contribution in [0.3, 0.4) is 0 Å². The fourth-order valence-electron chi connectivity index (χ4n) is 4.05. The number of halogens is 3. The van der Waals surface area contributed by atoms with Crippen molar-refractivity contribution in [2.24, 2.45) is 5.92 Å². The van der Waals surface area contributed by atoms with E-state index in [-0.39, 0.29) is 22.3 Å². The van der Waals surface area contributed by atoms with Crippen LogP contribution in [0.15, 0.2) is 48.8 Å². The van der Waals surface area contributed by atoms with E-state index in [9.17, 15) is 23.4 Å². The van der Waals surface area contributed by atoms with Gasteiger partial charge in [0.2, 0.25) is 5.60 Å². The monoisotopic (exact) mass is 402 g/mol. The number of benzene rings is 2. The molecule has 7 heteroatoms. The second-order valence-electron chi connectivity index (χ2n) is 7.81. The van der Waals surface area contributed by atoms with Crippen LogP contribution >= 0.6 is 0 Å². The topological polar surface area (TPSA) is 58.3 Å². The Bertz CT molecular complexity index is 1070. The molecule has 0 radical (unpaired) electrons. The highest BCUT2D eigenvalue weighted by molar-refractivity contribution is 5.86. The molecule has 0 amide bonds. The van der Waals surface area contributed by atoms with E-state index >= 15 is 0 Å². The first-order valence-corrected chi connectivity index (χ1v) is 9.37. The summed E-state index contributed by atoms with van der Waals surface area (Å²) in [6.45, 7) is 4.32. The number of aromatic nitrogens is 2. The summed E-state index contributed by atoms with van der Waals surface area (Å²) >= 11 is 0. The largest absolute Gasteiger partial charge is 0.425 e. The van der Waals surface area contributed by atoms with Crippen molar-refractivity contribution in [3.05, 3.63) is 65.5 Å². The predicted octanol–water partition coefficient (Wildman–Crippen LogP) is 4.48. The quantitative estimate of drug-likeness (QED) is 0.677. The summed E-state index contributed by atoms with van der Waals surface area (Å²) in [7, 11) is 0. The zero-order valence-corrected chi connectivity index (χ0v) is 16.0. The Balaban J connectivity index is 1.95. The summed E-state index contributed by atoms with van der Waals surface area (Å²) in [5.41, 5.74) is -1.65. The highest BCUT2D eigenvalue weighted by atomic mass is 19.4. The molecule has 0 aliphatic heterocycles. The summed E-state index contributed by atoms with van der Waals surface area (Å²) in [5, 5.41) is 25.1. The smallest absolute Gasteiger partial charge is 0.392 e. The first-order chi connectivity index (χ1) is 13.7. The summed E-state index contributed by atoms with van der Waals surface area (Å²) in [6, 6.07) is 8.93. The Hall–Kier alpha value is -2.64. The maximum atomic E-state index is 14.1. The van der Waals surface area contributed by atoms with Crippen LogP contribution in [0.25, 0.3) is 22.3 Å². The Morgan fingerprint density at radius 3 is 2.48 bits per heavy atom. The molecular weight excluding hydrogens is 381 g/mol. The van der Waals surface area contributed by atoms with E-state index in [1.807, 2.05) is 13.8 Å². The SMILES string of the molecule is CC(C)Cn1cc(-c2cc(CO)c3c(c2)C(O)(C(F)(F)F)c2ccccc2-3)cn1.